The van der Waals surface area contributed by atoms with Crippen molar-refractivity contribution < 1.29 is 5.11 Å². The maximum Gasteiger partial charge on any atom is 0.268 e. The van der Waals surface area contributed by atoms with Crippen LogP contribution in [0.2, 0.25) is 0 Å². The van der Waals surface area contributed by atoms with Gasteiger partial charge in [0, 0.05) is 12.4 Å². The van der Waals surface area contributed by atoms with Crippen molar-refractivity contribution in [1.82, 2.24) is 4.57 Å². The van der Waals surface area contributed by atoms with Crippen LogP contribution in [0, 0.1) is 0 Å². The predicted octanol–water partition coefficient (Wildman–Crippen LogP) is 2.01. The normalized spacial score (nSPS) is 10.7. The Hall–Kier alpha value is -1.29. The van der Waals surface area contributed by atoms with Gasteiger partial charge in [0.1, 0.15) is 10.2 Å². The minimum absolute atomic E-state index is 0.00343. The maximum absolute atomic E-state index is 11.6. The number of pyridine rings is 1. The van der Waals surface area contributed by atoms with E-state index in [0.717, 1.165) is 5.52 Å². The molecule has 0 aliphatic rings. The Balaban J connectivity index is 3.10. The van der Waals surface area contributed by atoms with Crippen LogP contribution in [0.3, 0.4) is 0 Å². The molecule has 0 radical (unpaired) electrons. The number of halogens is 1. The summed E-state index contributed by atoms with van der Waals surface area (Å²) in [6.07, 6.45) is 0. The van der Waals surface area contributed by atoms with E-state index in [1.54, 1.807) is 19.2 Å². The topological polar surface area (TPSA) is 42.2 Å². The van der Waals surface area contributed by atoms with Gasteiger partial charge < -0.3 is 9.67 Å². The summed E-state index contributed by atoms with van der Waals surface area (Å²) < 4.78 is 1.71. The minimum Gasteiger partial charge on any atom is -0.506 e. The maximum atomic E-state index is 11.6. The molecule has 14 heavy (non-hydrogen) atoms. The molecule has 1 N–H and O–H groups in total. The van der Waals surface area contributed by atoms with Gasteiger partial charge in [-0.2, -0.15) is 0 Å². The predicted molar refractivity (Wildman–Crippen MR) is 58.6 cm³/mol. The lowest BCUT2D eigenvalue weighted by atomic mass is 10.2. The lowest BCUT2D eigenvalue weighted by Crippen LogP contribution is -2.17. The Labute approximate surface area is 88.7 Å². The zero-order valence-corrected chi connectivity index (χ0v) is 9.08. The van der Waals surface area contributed by atoms with E-state index >= 15 is 0 Å². The number of fused-ring (bicyclic) bond motifs is 1. The zero-order valence-electron chi connectivity index (χ0n) is 7.49. The van der Waals surface area contributed by atoms with Crippen molar-refractivity contribution in [2.45, 2.75) is 0 Å². The fraction of sp³-hybridized carbons (Fsp3) is 0.100. The second-order valence-corrected chi connectivity index (χ2v) is 3.84. The Morgan fingerprint density at radius 1 is 1.36 bits per heavy atom. The van der Waals surface area contributed by atoms with E-state index in [2.05, 4.69) is 15.9 Å². The monoisotopic (exact) mass is 253 g/mol. The van der Waals surface area contributed by atoms with Crippen molar-refractivity contribution in [3.8, 4) is 5.75 Å². The third-order valence-corrected chi connectivity index (χ3v) is 2.94. The molecule has 2 rings (SSSR count). The average Bonchev–Trinajstić information content (AvgIpc) is 2.23. The summed E-state index contributed by atoms with van der Waals surface area (Å²) in [5, 5.41) is 10.4. The van der Waals surface area contributed by atoms with E-state index in [-0.39, 0.29) is 15.8 Å². The molecular formula is C10H8BrNO2. The van der Waals surface area contributed by atoms with E-state index in [0.29, 0.717) is 5.39 Å². The van der Waals surface area contributed by atoms with Crippen LogP contribution in [-0.2, 0) is 7.05 Å². The average molecular weight is 254 g/mol. The van der Waals surface area contributed by atoms with Gasteiger partial charge in [0.15, 0.2) is 0 Å². The van der Waals surface area contributed by atoms with Crippen molar-refractivity contribution in [2.24, 2.45) is 7.05 Å². The van der Waals surface area contributed by atoms with E-state index in [1.165, 1.54) is 4.57 Å². The van der Waals surface area contributed by atoms with Crippen LogP contribution in [-0.4, -0.2) is 9.67 Å². The number of nitrogens with zero attached hydrogens (tertiary/aromatic N) is 1. The number of hydrogen-bond acceptors (Lipinski definition) is 2. The van der Waals surface area contributed by atoms with Gasteiger partial charge >= 0.3 is 0 Å². The van der Waals surface area contributed by atoms with Crippen LogP contribution in [0.25, 0.3) is 10.9 Å². The molecule has 0 atom stereocenters. The first kappa shape index (κ1) is 9.27. The van der Waals surface area contributed by atoms with Gasteiger partial charge in [-0.1, -0.05) is 12.1 Å². The SMILES string of the molecule is Cn1c(=O)c(Br)c(O)c2ccccc21. The molecule has 72 valence electrons. The van der Waals surface area contributed by atoms with E-state index in [1.807, 2.05) is 12.1 Å². The summed E-state index contributed by atoms with van der Waals surface area (Å²) in [4.78, 5) is 11.6. The second-order valence-electron chi connectivity index (χ2n) is 3.04. The second kappa shape index (κ2) is 3.13. The Kier molecular flexibility index (Phi) is 2.07. The van der Waals surface area contributed by atoms with Crippen LogP contribution in [0.4, 0.5) is 0 Å². The smallest absolute Gasteiger partial charge is 0.268 e. The van der Waals surface area contributed by atoms with Crippen LogP contribution in [0.5, 0.6) is 5.75 Å². The van der Waals surface area contributed by atoms with E-state index in [9.17, 15) is 9.90 Å². The van der Waals surface area contributed by atoms with Gasteiger partial charge in [0.25, 0.3) is 5.56 Å². The molecular weight excluding hydrogens is 246 g/mol. The molecule has 1 heterocycles. The summed E-state index contributed by atoms with van der Waals surface area (Å²) in [5.41, 5.74) is 0.486. The molecule has 0 fully saturated rings. The van der Waals surface area contributed by atoms with Gasteiger partial charge in [-0.3, -0.25) is 4.79 Å². The van der Waals surface area contributed by atoms with Crippen LogP contribution in [0.15, 0.2) is 33.5 Å². The van der Waals surface area contributed by atoms with Gasteiger partial charge in [0.2, 0.25) is 0 Å². The third kappa shape index (κ3) is 1.14. The molecule has 0 saturated carbocycles. The van der Waals surface area contributed by atoms with Crippen molar-refractivity contribution in [1.29, 1.82) is 0 Å². The molecule has 4 heteroatoms. The lowest BCUT2D eigenvalue weighted by Gasteiger charge is -2.07. The first-order chi connectivity index (χ1) is 6.63. The number of hydrogen-bond donors (Lipinski definition) is 1. The summed E-state index contributed by atoms with van der Waals surface area (Å²) in [6, 6.07) is 7.21. The third-order valence-electron chi connectivity index (χ3n) is 2.22. The number of rotatable bonds is 0. The number of para-hydroxylation sites is 1. The van der Waals surface area contributed by atoms with Crippen molar-refractivity contribution in [3.63, 3.8) is 0 Å². The number of benzene rings is 1. The number of aryl methyl sites for hydroxylation is 1. The number of aromatic hydroxyl groups is 1. The molecule has 1 aromatic carbocycles. The van der Waals surface area contributed by atoms with Gasteiger partial charge in [-0.15, -0.1) is 0 Å². The minimum atomic E-state index is -0.235. The standard InChI is InChI=1S/C10H8BrNO2/c1-12-7-5-3-2-4-6(7)9(13)8(11)10(12)14/h2-5,13H,1H3. The first-order valence-electron chi connectivity index (χ1n) is 4.09. The molecule has 0 amide bonds. The highest BCUT2D eigenvalue weighted by atomic mass is 79.9. The lowest BCUT2D eigenvalue weighted by molar-refractivity contribution is 0.476. The summed E-state index contributed by atoms with van der Waals surface area (Å²) in [5.74, 6) is 0.00343. The van der Waals surface area contributed by atoms with Crippen molar-refractivity contribution >= 4 is 26.8 Å². The highest BCUT2D eigenvalue weighted by Gasteiger charge is 2.10. The summed E-state index contributed by atoms with van der Waals surface area (Å²) >= 11 is 3.07. The zero-order chi connectivity index (χ0) is 10.3. The quantitative estimate of drug-likeness (QED) is 0.781. The van der Waals surface area contributed by atoms with Crippen LogP contribution >= 0.6 is 15.9 Å². The largest absolute Gasteiger partial charge is 0.506 e. The van der Waals surface area contributed by atoms with Crippen LogP contribution < -0.4 is 5.56 Å². The molecule has 1 aromatic heterocycles. The molecule has 0 saturated heterocycles. The molecule has 0 bridgehead atoms. The Bertz CT molecular complexity index is 560. The molecule has 2 aromatic rings. The van der Waals surface area contributed by atoms with Gasteiger partial charge in [-0.25, -0.2) is 0 Å². The molecule has 0 unspecified atom stereocenters. The molecule has 0 aliphatic carbocycles. The van der Waals surface area contributed by atoms with Crippen molar-refractivity contribution in [2.75, 3.05) is 0 Å². The Morgan fingerprint density at radius 3 is 2.71 bits per heavy atom. The fourth-order valence-electron chi connectivity index (χ4n) is 1.44. The summed E-state index contributed by atoms with van der Waals surface area (Å²) in [7, 11) is 1.68. The van der Waals surface area contributed by atoms with Crippen molar-refractivity contribution in [3.05, 3.63) is 39.1 Å². The Morgan fingerprint density at radius 2 is 2.00 bits per heavy atom. The van der Waals surface area contributed by atoms with E-state index < -0.39 is 0 Å². The van der Waals surface area contributed by atoms with Gasteiger partial charge in [0.05, 0.1) is 5.52 Å². The van der Waals surface area contributed by atoms with E-state index in [4.69, 9.17) is 0 Å². The van der Waals surface area contributed by atoms with Gasteiger partial charge in [-0.05, 0) is 28.1 Å². The molecule has 3 nitrogen and oxygen atoms in total. The first-order valence-corrected chi connectivity index (χ1v) is 4.88. The highest BCUT2D eigenvalue weighted by molar-refractivity contribution is 9.10. The van der Waals surface area contributed by atoms with Crippen LogP contribution in [0.1, 0.15) is 0 Å². The number of aromatic nitrogens is 1. The fourth-order valence-corrected chi connectivity index (χ4v) is 1.92. The summed E-state index contributed by atoms with van der Waals surface area (Å²) in [6.45, 7) is 0. The molecule has 0 spiro atoms. The highest BCUT2D eigenvalue weighted by Crippen LogP contribution is 2.28. The molecule has 0 aliphatic heterocycles.